The summed E-state index contributed by atoms with van der Waals surface area (Å²) in [4.78, 5) is 23.9. The first-order valence-corrected chi connectivity index (χ1v) is 10.9. The Hall–Kier alpha value is -1.83. The van der Waals surface area contributed by atoms with Crippen LogP contribution >= 0.6 is 12.4 Å². The van der Waals surface area contributed by atoms with Crippen molar-refractivity contribution in [2.75, 3.05) is 31.6 Å². The van der Waals surface area contributed by atoms with Gasteiger partial charge in [-0.15, -0.1) is 12.4 Å². The smallest absolute Gasteiger partial charge is 0.298 e. The highest BCUT2D eigenvalue weighted by molar-refractivity contribution is 6.03. The summed E-state index contributed by atoms with van der Waals surface area (Å²) in [6.07, 6.45) is 6.69. The number of carbonyl (C=O) groups excluding carboxylic acids is 1. The average Bonchev–Trinajstić information content (AvgIpc) is 3.11. The predicted molar refractivity (Wildman–Crippen MR) is 120 cm³/mol. The highest BCUT2D eigenvalue weighted by Crippen LogP contribution is 2.36. The lowest BCUT2D eigenvalue weighted by Crippen LogP contribution is -2.60. The maximum Gasteiger partial charge on any atom is 0.298 e. The van der Waals surface area contributed by atoms with Crippen molar-refractivity contribution in [2.45, 2.75) is 63.2 Å². The van der Waals surface area contributed by atoms with Gasteiger partial charge in [-0.1, -0.05) is 12.5 Å². The monoisotopic (exact) mass is 433 g/mol. The van der Waals surface area contributed by atoms with Gasteiger partial charge in [0, 0.05) is 43.8 Å². The van der Waals surface area contributed by atoms with Crippen molar-refractivity contribution in [1.82, 2.24) is 14.8 Å². The third-order valence-corrected chi connectivity index (χ3v) is 7.41. The van der Waals surface area contributed by atoms with Crippen LogP contribution in [-0.2, 0) is 0 Å². The standard InChI is InChI=1S/C22H31N5O2.ClH/c1-14-13-26(17-11-15-5-3-6-16(12-17)25(15)2)9-10-27(14)22-24-20-18(21(23)28)7-4-8-19(20)29-22;/h4,7-8,14-17H,3,5-6,9-13H2,1-2H3,(H2,23,28);1H/t14-,15?,16?,17?;/m1./s1. The predicted octanol–water partition coefficient (Wildman–Crippen LogP) is 2.87. The summed E-state index contributed by atoms with van der Waals surface area (Å²) in [5.74, 6) is -0.471. The number of benzene rings is 1. The van der Waals surface area contributed by atoms with Crippen LogP contribution in [0, 0.1) is 0 Å². The number of primary amides is 1. The molecular weight excluding hydrogens is 402 g/mol. The van der Waals surface area contributed by atoms with E-state index in [1.807, 2.05) is 6.07 Å². The minimum absolute atomic E-state index is 0. The van der Waals surface area contributed by atoms with Crippen molar-refractivity contribution >= 4 is 35.4 Å². The molecule has 0 aliphatic carbocycles. The normalized spacial score (nSPS) is 30.3. The lowest BCUT2D eigenvalue weighted by Gasteiger charge is -2.51. The third-order valence-electron chi connectivity index (χ3n) is 7.41. The van der Waals surface area contributed by atoms with Gasteiger partial charge in [0.05, 0.1) is 5.56 Å². The highest BCUT2D eigenvalue weighted by Gasteiger charge is 2.40. The third kappa shape index (κ3) is 3.67. The van der Waals surface area contributed by atoms with Crippen LogP contribution in [0.2, 0.25) is 0 Å². The molecule has 2 bridgehead atoms. The van der Waals surface area contributed by atoms with E-state index in [9.17, 15) is 4.79 Å². The van der Waals surface area contributed by atoms with Gasteiger partial charge < -0.3 is 20.0 Å². The first kappa shape index (κ1) is 21.4. The number of piperidine rings is 2. The van der Waals surface area contributed by atoms with Gasteiger partial charge in [0.1, 0.15) is 5.52 Å². The summed E-state index contributed by atoms with van der Waals surface area (Å²) >= 11 is 0. The molecule has 8 heteroatoms. The fourth-order valence-electron chi connectivity index (χ4n) is 5.75. The topological polar surface area (TPSA) is 78.8 Å². The van der Waals surface area contributed by atoms with E-state index in [-0.39, 0.29) is 12.4 Å². The van der Waals surface area contributed by atoms with E-state index in [0.717, 1.165) is 31.7 Å². The van der Waals surface area contributed by atoms with E-state index in [4.69, 9.17) is 10.2 Å². The number of hydrogen-bond acceptors (Lipinski definition) is 6. The summed E-state index contributed by atoms with van der Waals surface area (Å²) in [5.41, 5.74) is 7.10. The Morgan fingerprint density at radius 1 is 1.17 bits per heavy atom. The molecule has 2 aromatic rings. The molecule has 5 rings (SSSR count). The number of aromatic nitrogens is 1. The molecule has 1 aromatic carbocycles. The number of anilines is 1. The van der Waals surface area contributed by atoms with E-state index in [2.05, 4.69) is 33.7 Å². The molecule has 1 aromatic heterocycles. The van der Waals surface area contributed by atoms with Crippen LogP contribution in [0.5, 0.6) is 0 Å². The summed E-state index contributed by atoms with van der Waals surface area (Å²) in [7, 11) is 2.32. The number of rotatable bonds is 3. The van der Waals surface area contributed by atoms with Gasteiger partial charge in [-0.2, -0.15) is 4.98 Å². The molecule has 2 N–H and O–H groups in total. The van der Waals surface area contributed by atoms with Crippen LogP contribution in [0.1, 0.15) is 49.4 Å². The molecule has 164 valence electrons. The van der Waals surface area contributed by atoms with Gasteiger partial charge in [0.15, 0.2) is 5.58 Å². The quantitative estimate of drug-likeness (QED) is 0.801. The first-order chi connectivity index (χ1) is 14.0. The van der Waals surface area contributed by atoms with E-state index < -0.39 is 5.91 Å². The van der Waals surface area contributed by atoms with Crippen molar-refractivity contribution < 1.29 is 9.21 Å². The van der Waals surface area contributed by atoms with Crippen molar-refractivity contribution in [3.8, 4) is 0 Å². The van der Waals surface area contributed by atoms with Gasteiger partial charge in [-0.25, -0.2) is 0 Å². The van der Waals surface area contributed by atoms with Crippen molar-refractivity contribution in [2.24, 2.45) is 5.73 Å². The minimum atomic E-state index is -0.471. The fraction of sp³-hybridized carbons (Fsp3) is 0.636. The maximum absolute atomic E-state index is 11.7. The summed E-state index contributed by atoms with van der Waals surface area (Å²) in [6, 6.07) is 8.45. The zero-order valence-corrected chi connectivity index (χ0v) is 18.6. The molecule has 0 spiro atoms. The number of nitrogens with zero attached hydrogens (tertiary/aromatic N) is 4. The van der Waals surface area contributed by atoms with E-state index in [1.165, 1.54) is 32.1 Å². The molecule has 4 heterocycles. The molecule has 3 saturated heterocycles. The van der Waals surface area contributed by atoms with Gasteiger partial charge in [0.25, 0.3) is 11.9 Å². The second-order valence-electron chi connectivity index (χ2n) is 9.08. The number of piperazine rings is 1. The van der Waals surface area contributed by atoms with E-state index in [0.29, 0.717) is 34.8 Å². The maximum atomic E-state index is 11.7. The molecule has 7 nitrogen and oxygen atoms in total. The first-order valence-electron chi connectivity index (χ1n) is 10.9. The number of nitrogens with two attached hydrogens (primary N) is 1. The van der Waals surface area contributed by atoms with E-state index >= 15 is 0 Å². The Kier molecular flexibility index (Phi) is 5.97. The van der Waals surface area contributed by atoms with Crippen molar-refractivity contribution in [3.05, 3.63) is 23.8 Å². The van der Waals surface area contributed by atoms with Crippen molar-refractivity contribution in [3.63, 3.8) is 0 Å². The number of carbonyl (C=O) groups is 1. The van der Waals surface area contributed by atoms with Crippen LogP contribution in [0.3, 0.4) is 0 Å². The fourth-order valence-corrected chi connectivity index (χ4v) is 5.75. The number of halogens is 1. The van der Waals surface area contributed by atoms with E-state index in [1.54, 1.807) is 12.1 Å². The number of para-hydroxylation sites is 1. The van der Waals surface area contributed by atoms with Crippen molar-refractivity contribution in [1.29, 1.82) is 0 Å². The molecule has 1 amide bonds. The minimum Gasteiger partial charge on any atom is -0.423 e. The molecule has 0 saturated carbocycles. The lowest BCUT2D eigenvalue weighted by molar-refractivity contribution is 0.00375. The molecule has 3 aliphatic rings. The molecular formula is C22H32ClN5O2. The largest absolute Gasteiger partial charge is 0.423 e. The molecule has 0 radical (unpaired) electrons. The molecule has 3 aliphatic heterocycles. The average molecular weight is 434 g/mol. The number of oxazole rings is 1. The Morgan fingerprint density at radius 2 is 1.90 bits per heavy atom. The van der Waals surface area contributed by atoms with Gasteiger partial charge in [-0.05, 0) is 51.8 Å². The SMILES string of the molecule is C[C@@H]1CN(C2CC3CCCC(C2)N3C)CCN1c1nc2c(C(N)=O)cccc2o1.Cl. The lowest BCUT2D eigenvalue weighted by atomic mass is 9.81. The van der Waals surface area contributed by atoms with Crippen LogP contribution < -0.4 is 10.6 Å². The van der Waals surface area contributed by atoms with Crippen LogP contribution in [0.15, 0.2) is 22.6 Å². The molecule has 3 fully saturated rings. The summed E-state index contributed by atoms with van der Waals surface area (Å²) < 4.78 is 6.01. The summed E-state index contributed by atoms with van der Waals surface area (Å²) in [6.45, 7) is 5.18. The van der Waals surface area contributed by atoms with Gasteiger partial charge in [-0.3, -0.25) is 9.69 Å². The second kappa shape index (κ2) is 8.36. The zero-order valence-electron chi connectivity index (χ0n) is 17.8. The Labute approximate surface area is 184 Å². The molecule has 30 heavy (non-hydrogen) atoms. The molecule has 2 unspecified atom stereocenters. The Balaban J connectivity index is 0.00000218. The van der Waals surface area contributed by atoms with Crippen LogP contribution in [0.25, 0.3) is 11.1 Å². The van der Waals surface area contributed by atoms with Gasteiger partial charge in [0.2, 0.25) is 0 Å². The van der Waals surface area contributed by atoms with Crippen LogP contribution in [0.4, 0.5) is 6.01 Å². The molecule has 3 atom stereocenters. The van der Waals surface area contributed by atoms with Crippen LogP contribution in [-0.4, -0.2) is 71.5 Å². The Morgan fingerprint density at radius 3 is 2.57 bits per heavy atom. The zero-order chi connectivity index (χ0) is 20.1. The number of hydrogen-bond donors (Lipinski definition) is 1. The number of amides is 1. The number of fused-ring (bicyclic) bond motifs is 3. The highest BCUT2D eigenvalue weighted by atomic mass is 35.5. The summed E-state index contributed by atoms with van der Waals surface area (Å²) in [5, 5.41) is 0. The second-order valence-corrected chi connectivity index (χ2v) is 9.08. The Bertz CT molecular complexity index is 904. The van der Waals surface area contributed by atoms with Gasteiger partial charge >= 0.3 is 0 Å².